The minimum atomic E-state index is -2.09. The molecule has 0 saturated carbocycles. The molecule has 1 heterocycles. The van der Waals surface area contributed by atoms with Gasteiger partial charge >= 0.3 is 5.97 Å². The van der Waals surface area contributed by atoms with Crippen LogP contribution in [0.15, 0.2) is 0 Å². The molecule has 2 nitrogen and oxygen atoms in total. The van der Waals surface area contributed by atoms with Crippen molar-refractivity contribution in [1.82, 2.24) is 0 Å². The number of ether oxygens (including phenoxy) is 1. The number of esters is 1. The fraction of sp³-hybridized carbons (Fsp3) is 0.833. The molecule has 0 aromatic carbocycles. The Hall–Kier alpha value is -0.530. The van der Waals surface area contributed by atoms with E-state index in [0.29, 0.717) is 6.42 Å². The molecule has 0 spiro atoms. The van der Waals surface area contributed by atoms with Crippen LogP contribution in [0.25, 0.3) is 0 Å². The van der Waals surface area contributed by atoms with Crippen LogP contribution in [0.4, 0.5) is 0 Å². The van der Waals surface area contributed by atoms with E-state index in [-0.39, 0.29) is 0 Å². The molecular formula is C6H10O2. The zero-order valence-electron chi connectivity index (χ0n) is 7.68. The maximum atomic E-state index is 10.8. The lowest BCUT2D eigenvalue weighted by Gasteiger charge is -1.95. The van der Waals surface area contributed by atoms with Gasteiger partial charge in [-0.1, -0.05) is 6.92 Å². The third kappa shape index (κ3) is 0.831. The van der Waals surface area contributed by atoms with Gasteiger partial charge in [-0.2, -0.15) is 0 Å². The van der Waals surface area contributed by atoms with Crippen molar-refractivity contribution in [3.8, 4) is 0 Å². The van der Waals surface area contributed by atoms with Crippen molar-refractivity contribution >= 4 is 5.97 Å². The molecular weight excluding hydrogens is 104 g/mol. The SMILES string of the molecule is [2H]C1[C@H](CC)C(=O)OC1([2H])[2H]. The van der Waals surface area contributed by atoms with Gasteiger partial charge in [0.2, 0.25) is 0 Å². The van der Waals surface area contributed by atoms with Crippen molar-refractivity contribution in [3.05, 3.63) is 0 Å². The Morgan fingerprint density at radius 3 is 3.12 bits per heavy atom. The monoisotopic (exact) mass is 117 g/mol. The normalized spacial score (nSPS) is 49.1. The predicted octanol–water partition coefficient (Wildman–Crippen LogP) is 0.960. The summed E-state index contributed by atoms with van der Waals surface area (Å²) in [5.41, 5.74) is 0. The molecule has 0 aliphatic carbocycles. The molecule has 1 saturated heterocycles. The van der Waals surface area contributed by atoms with Gasteiger partial charge in [-0.3, -0.25) is 4.79 Å². The smallest absolute Gasteiger partial charge is 0.309 e. The average molecular weight is 117 g/mol. The minimum Gasteiger partial charge on any atom is -0.465 e. The van der Waals surface area contributed by atoms with Gasteiger partial charge in [-0.25, -0.2) is 0 Å². The molecule has 46 valence electrons. The van der Waals surface area contributed by atoms with Crippen molar-refractivity contribution in [2.45, 2.75) is 19.7 Å². The fourth-order valence-electron chi connectivity index (χ4n) is 0.602. The highest BCUT2D eigenvalue weighted by molar-refractivity contribution is 5.73. The third-order valence-electron chi connectivity index (χ3n) is 1.17. The third-order valence-corrected chi connectivity index (χ3v) is 1.17. The van der Waals surface area contributed by atoms with Gasteiger partial charge in [-0.05, 0) is 12.8 Å². The summed E-state index contributed by atoms with van der Waals surface area (Å²) < 4.78 is 25.9. The number of carbonyl (C=O) groups excluding carboxylic acids is 1. The number of carbonyl (C=O) groups is 1. The molecule has 1 aliphatic rings. The summed E-state index contributed by atoms with van der Waals surface area (Å²) in [6, 6.07) is 0. The second kappa shape index (κ2) is 2.16. The molecule has 1 unspecified atom stereocenters. The molecule has 0 amide bonds. The van der Waals surface area contributed by atoms with Crippen LogP contribution in [0.2, 0.25) is 0 Å². The Bertz CT molecular complexity index is 181. The molecule has 1 aliphatic heterocycles. The van der Waals surface area contributed by atoms with E-state index in [0.717, 1.165) is 0 Å². The zero-order chi connectivity index (χ0) is 8.65. The van der Waals surface area contributed by atoms with E-state index in [2.05, 4.69) is 4.74 Å². The Morgan fingerprint density at radius 2 is 2.88 bits per heavy atom. The molecule has 0 aromatic heterocycles. The number of rotatable bonds is 1. The first kappa shape index (κ1) is 2.85. The lowest BCUT2D eigenvalue weighted by atomic mass is 10.1. The predicted molar refractivity (Wildman–Crippen MR) is 29.4 cm³/mol. The number of cyclic esters (lactones) is 1. The Balaban J connectivity index is 2.79. The zero-order valence-corrected chi connectivity index (χ0v) is 4.68. The van der Waals surface area contributed by atoms with E-state index in [1.54, 1.807) is 6.92 Å². The van der Waals surface area contributed by atoms with Crippen LogP contribution >= 0.6 is 0 Å². The summed E-state index contributed by atoms with van der Waals surface area (Å²) in [6.07, 6.45) is -0.605. The second-order valence-electron chi connectivity index (χ2n) is 1.72. The first-order valence-electron chi connectivity index (χ1n) is 4.22. The van der Waals surface area contributed by atoms with E-state index in [4.69, 9.17) is 4.11 Å². The van der Waals surface area contributed by atoms with Gasteiger partial charge < -0.3 is 4.74 Å². The molecule has 2 heteroatoms. The highest BCUT2D eigenvalue weighted by Gasteiger charge is 2.23. The van der Waals surface area contributed by atoms with E-state index < -0.39 is 24.8 Å². The van der Waals surface area contributed by atoms with E-state index in [1.165, 1.54) is 0 Å². The van der Waals surface area contributed by atoms with E-state index >= 15 is 0 Å². The fourth-order valence-corrected chi connectivity index (χ4v) is 0.602. The van der Waals surface area contributed by atoms with Crippen LogP contribution < -0.4 is 0 Å². The van der Waals surface area contributed by atoms with Gasteiger partial charge in [0, 0.05) is 1.37 Å². The minimum absolute atomic E-state index is 0.465. The lowest BCUT2D eigenvalue weighted by molar-refractivity contribution is -0.141. The molecule has 1 fully saturated rings. The standard InChI is InChI=1S/C6H10O2/c1-2-5-3-4-8-6(5)7/h5H,2-4H2,1H3/t5-/m0/s1/i3D,4D2/t3?,5-. The molecule has 8 heavy (non-hydrogen) atoms. The van der Waals surface area contributed by atoms with Crippen molar-refractivity contribution in [2.24, 2.45) is 5.92 Å². The van der Waals surface area contributed by atoms with Crippen LogP contribution in [-0.2, 0) is 9.53 Å². The summed E-state index contributed by atoms with van der Waals surface area (Å²) in [5, 5.41) is 0. The van der Waals surface area contributed by atoms with Crippen molar-refractivity contribution in [1.29, 1.82) is 0 Å². The number of hydrogen-bond donors (Lipinski definition) is 0. The van der Waals surface area contributed by atoms with Gasteiger partial charge in [0.25, 0.3) is 0 Å². The van der Waals surface area contributed by atoms with Crippen LogP contribution in [-0.4, -0.2) is 12.5 Å². The van der Waals surface area contributed by atoms with Gasteiger partial charge in [0.1, 0.15) is 0 Å². The van der Waals surface area contributed by atoms with E-state index in [1.807, 2.05) is 0 Å². The summed E-state index contributed by atoms with van der Waals surface area (Å²) in [4.78, 5) is 10.8. The summed E-state index contributed by atoms with van der Waals surface area (Å²) in [5.74, 6) is -1.18. The summed E-state index contributed by atoms with van der Waals surface area (Å²) in [7, 11) is 0. The Kier molecular flexibility index (Phi) is 0.770. The highest BCUT2D eigenvalue weighted by Crippen LogP contribution is 2.16. The Labute approximate surface area is 53.0 Å². The van der Waals surface area contributed by atoms with Crippen molar-refractivity contribution in [3.63, 3.8) is 0 Å². The largest absolute Gasteiger partial charge is 0.465 e. The van der Waals surface area contributed by atoms with Crippen LogP contribution in [0, 0.1) is 5.92 Å². The average Bonchev–Trinajstić information content (AvgIpc) is 2.04. The maximum absolute atomic E-state index is 10.8. The molecule has 0 bridgehead atoms. The molecule has 0 aromatic rings. The molecule has 2 atom stereocenters. The van der Waals surface area contributed by atoms with E-state index in [9.17, 15) is 4.79 Å². The van der Waals surface area contributed by atoms with Crippen LogP contribution in [0.3, 0.4) is 0 Å². The van der Waals surface area contributed by atoms with Crippen LogP contribution in [0.1, 0.15) is 23.9 Å². The second-order valence-corrected chi connectivity index (χ2v) is 1.72. The lowest BCUT2D eigenvalue weighted by Crippen LogP contribution is -2.04. The van der Waals surface area contributed by atoms with Gasteiger partial charge in [0.15, 0.2) is 0 Å². The molecule has 0 radical (unpaired) electrons. The van der Waals surface area contributed by atoms with Crippen molar-refractivity contribution < 1.29 is 13.6 Å². The first-order chi connectivity index (χ1) is 4.99. The Morgan fingerprint density at radius 1 is 2.12 bits per heavy atom. The van der Waals surface area contributed by atoms with Gasteiger partial charge in [0.05, 0.1) is 15.2 Å². The maximum Gasteiger partial charge on any atom is 0.309 e. The topological polar surface area (TPSA) is 26.3 Å². The summed E-state index contributed by atoms with van der Waals surface area (Å²) >= 11 is 0. The first-order valence-corrected chi connectivity index (χ1v) is 2.64. The van der Waals surface area contributed by atoms with Crippen molar-refractivity contribution in [2.75, 3.05) is 6.56 Å². The highest BCUT2D eigenvalue weighted by atomic mass is 16.5. The van der Waals surface area contributed by atoms with Gasteiger partial charge in [-0.15, -0.1) is 0 Å². The molecule has 0 N–H and O–H groups in total. The summed E-state index contributed by atoms with van der Waals surface area (Å²) in [6.45, 7) is -0.341. The molecule has 1 rings (SSSR count). The van der Waals surface area contributed by atoms with Crippen LogP contribution in [0.5, 0.6) is 0 Å². The number of hydrogen-bond acceptors (Lipinski definition) is 2. The quantitative estimate of drug-likeness (QED) is 0.478.